The minimum absolute atomic E-state index is 0.276. The van der Waals surface area contributed by atoms with Crippen molar-refractivity contribution in [2.24, 2.45) is 0 Å². The summed E-state index contributed by atoms with van der Waals surface area (Å²) in [5.41, 5.74) is 3.25. The van der Waals surface area contributed by atoms with E-state index in [-0.39, 0.29) is 6.61 Å². The van der Waals surface area contributed by atoms with Crippen LogP contribution in [0.4, 0.5) is 15.5 Å². The Morgan fingerprint density at radius 2 is 1.94 bits per heavy atom. The number of thiophene rings is 1. The van der Waals surface area contributed by atoms with Crippen LogP contribution in [-0.2, 0) is 24.2 Å². The van der Waals surface area contributed by atoms with E-state index < -0.39 is 12.0 Å². The SMILES string of the molecule is CCOC(=O)c1c(NC(=O)Nc2cccc(Cl)c2)sc2c1CCN(Cc1ccccc1)C2. The summed E-state index contributed by atoms with van der Waals surface area (Å²) in [4.78, 5) is 28.8. The number of nitrogens with one attached hydrogen (secondary N) is 2. The highest BCUT2D eigenvalue weighted by Crippen LogP contribution is 2.38. The summed E-state index contributed by atoms with van der Waals surface area (Å²) in [6.45, 7) is 4.44. The number of carbonyl (C=O) groups is 2. The van der Waals surface area contributed by atoms with Gasteiger partial charge in [0, 0.05) is 35.2 Å². The fourth-order valence-corrected chi connectivity index (χ4v) is 5.24. The largest absolute Gasteiger partial charge is 0.462 e. The fraction of sp³-hybridized carbons (Fsp3) is 0.250. The molecule has 2 aromatic carbocycles. The van der Waals surface area contributed by atoms with Crippen molar-refractivity contribution >= 4 is 45.6 Å². The van der Waals surface area contributed by atoms with Gasteiger partial charge in [0.2, 0.25) is 0 Å². The van der Waals surface area contributed by atoms with Crippen molar-refractivity contribution in [1.82, 2.24) is 4.90 Å². The van der Waals surface area contributed by atoms with Crippen molar-refractivity contribution in [2.75, 3.05) is 23.8 Å². The zero-order valence-corrected chi connectivity index (χ0v) is 19.3. The Hall–Kier alpha value is -2.87. The Bertz CT molecular complexity index is 1120. The van der Waals surface area contributed by atoms with E-state index in [1.54, 1.807) is 31.2 Å². The molecule has 0 unspecified atom stereocenters. The first-order valence-corrected chi connectivity index (χ1v) is 11.6. The average Bonchev–Trinajstić information content (AvgIpc) is 3.11. The lowest BCUT2D eigenvalue weighted by atomic mass is 10.0. The second kappa shape index (κ2) is 10.2. The predicted molar refractivity (Wildman–Crippen MR) is 129 cm³/mol. The Morgan fingerprint density at radius 1 is 1.12 bits per heavy atom. The number of rotatable bonds is 6. The molecule has 1 aromatic heterocycles. The number of ether oxygens (including phenoxy) is 1. The number of carbonyl (C=O) groups excluding carboxylic acids is 2. The summed E-state index contributed by atoms with van der Waals surface area (Å²) < 4.78 is 5.30. The molecule has 0 bridgehead atoms. The number of hydrogen-bond acceptors (Lipinski definition) is 5. The molecule has 0 fully saturated rings. The monoisotopic (exact) mass is 469 g/mol. The zero-order valence-electron chi connectivity index (χ0n) is 17.7. The highest BCUT2D eigenvalue weighted by Gasteiger charge is 2.29. The number of amides is 2. The zero-order chi connectivity index (χ0) is 22.5. The molecule has 8 heteroatoms. The minimum Gasteiger partial charge on any atom is -0.462 e. The van der Waals surface area contributed by atoms with E-state index in [2.05, 4.69) is 27.7 Å². The lowest BCUT2D eigenvalue weighted by Crippen LogP contribution is -2.30. The second-order valence-electron chi connectivity index (χ2n) is 7.46. The van der Waals surface area contributed by atoms with E-state index in [9.17, 15) is 9.59 Å². The third-order valence-corrected chi connectivity index (χ3v) is 6.54. The first-order valence-electron chi connectivity index (χ1n) is 10.4. The van der Waals surface area contributed by atoms with Crippen LogP contribution in [0.2, 0.25) is 5.02 Å². The van der Waals surface area contributed by atoms with Gasteiger partial charge in [0.25, 0.3) is 0 Å². The third-order valence-electron chi connectivity index (χ3n) is 5.17. The molecule has 6 nitrogen and oxygen atoms in total. The fourth-order valence-electron chi connectivity index (χ4n) is 3.77. The van der Waals surface area contributed by atoms with E-state index in [1.807, 2.05) is 18.2 Å². The Morgan fingerprint density at radius 3 is 2.69 bits per heavy atom. The van der Waals surface area contributed by atoms with Gasteiger partial charge in [0.15, 0.2) is 0 Å². The molecule has 0 radical (unpaired) electrons. The molecule has 2 heterocycles. The molecule has 32 heavy (non-hydrogen) atoms. The molecule has 1 aliphatic heterocycles. The van der Waals surface area contributed by atoms with Crippen LogP contribution in [0.1, 0.15) is 33.3 Å². The summed E-state index contributed by atoms with van der Waals surface area (Å²) >= 11 is 7.43. The van der Waals surface area contributed by atoms with Gasteiger partial charge in [-0.3, -0.25) is 10.2 Å². The Balaban J connectivity index is 1.54. The van der Waals surface area contributed by atoms with Crippen molar-refractivity contribution in [2.45, 2.75) is 26.4 Å². The third kappa shape index (κ3) is 5.30. The molecule has 0 saturated heterocycles. The van der Waals surface area contributed by atoms with Crippen molar-refractivity contribution < 1.29 is 14.3 Å². The highest BCUT2D eigenvalue weighted by atomic mass is 35.5. The van der Waals surface area contributed by atoms with Crippen LogP contribution >= 0.6 is 22.9 Å². The molecule has 0 aliphatic carbocycles. The van der Waals surface area contributed by atoms with Crippen LogP contribution in [-0.4, -0.2) is 30.1 Å². The normalized spacial score (nSPS) is 13.3. The maximum atomic E-state index is 12.7. The summed E-state index contributed by atoms with van der Waals surface area (Å²) in [6.07, 6.45) is 0.727. The number of hydrogen-bond donors (Lipinski definition) is 2. The van der Waals surface area contributed by atoms with Crippen LogP contribution in [0, 0.1) is 0 Å². The van der Waals surface area contributed by atoms with E-state index >= 15 is 0 Å². The summed E-state index contributed by atoms with van der Waals surface area (Å²) in [5, 5.41) is 6.64. The lowest BCUT2D eigenvalue weighted by molar-refractivity contribution is 0.0526. The second-order valence-corrected chi connectivity index (χ2v) is 9.01. The standard InChI is InChI=1S/C24H24ClN3O3S/c1-2-31-23(29)21-19-11-12-28(14-16-7-4-3-5-8-16)15-20(19)32-22(21)27-24(30)26-18-10-6-9-17(25)13-18/h3-10,13H,2,11-12,14-15H2,1H3,(H2,26,27,30). The first kappa shape index (κ1) is 22.3. The van der Waals surface area contributed by atoms with E-state index in [1.165, 1.54) is 16.9 Å². The number of esters is 1. The van der Waals surface area contributed by atoms with Crippen molar-refractivity contribution in [3.8, 4) is 0 Å². The van der Waals surface area contributed by atoms with Crippen molar-refractivity contribution in [1.29, 1.82) is 0 Å². The number of anilines is 2. The molecule has 4 rings (SSSR count). The quantitative estimate of drug-likeness (QED) is 0.449. The van der Waals surface area contributed by atoms with Gasteiger partial charge < -0.3 is 10.1 Å². The van der Waals surface area contributed by atoms with Gasteiger partial charge in [0.05, 0.1) is 12.2 Å². The van der Waals surface area contributed by atoms with Crippen LogP contribution in [0.5, 0.6) is 0 Å². The Labute approximate surface area is 196 Å². The molecular formula is C24H24ClN3O3S. The molecule has 0 saturated carbocycles. The van der Waals surface area contributed by atoms with E-state index in [0.29, 0.717) is 21.3 Å². The van der Waals surface area contributed by atoms with Crippen LogP contribution in [0.15, 0.2) is 54.6 Å². The number of urea groups is 1. The number of halogens is 1. The molecule has 166 valence electrons. The van der Waals surface area contributed by atoms with Crippen LogP contribution < -0.4 is 10.6 Å². The molecular weight excluding hydrogens is 446 g/mol. The molecule has 3 aromatic rings. The van der Waals surface area contributed by atoms with Gasteiger partial charge >= 0.3 is 12.0 Å². The molecule has 2 N–H and O–H groups in total. The summed E-state index contributed by atoms with van der Waals surface area (Å²) in [7, 11) is 0. The van der Waals surface area contributed by atoms with Gasteiger partial charge in [-0.2, -0.15) is 0 Å². The van der Waals surface area contributed by atoms with Crippen molar-refractivity contribution in [3.63, 3.8) is 0 Å². The maximum Gasteiger partial charge on any atom is 0.341 e. The summed E-state index contributed by atoms with van der Waals surface area (Å²) in [5.74, 6) is -0.403. The van der Waals surface area contributed by atoms with Crippen LogP contribution in [0.25, 0.3) is 0 Å². The maximum absolute atomic E-state index is 12.7. The van der Waals surface area contributed by atoms with Gasteiger partial charge in [-0.1, -0.05) is 48.0 Å². The molecule has 0 atom stereocenters. The number of nitrogens with zero attached hydrogens (tertiary/aromatic N) is 1. The van der Waals surface area contributed by atoms with E-state index in [0.717, 1.165) is 36.5 Å². The minimum atomic E-state index is -0.433. The predicted octanol–water partition coefficient (Wildman–Crippen LogP) is 5.78. The topological polar surface area (TPSA) is 70.7 Å². The molecule has 1 aliphatic rings. The lowest BCUT2D eigenvalue weighted by Gasteiger charge is -2.27. The van der Waals surface area contributed by atoms with Gasteiger partial charge in [0.1, 0.15) is 5.00 Å². The van der Waals surface area contributed by atoms with Gasteiger partial charge in [-0.25, -0.2) is 9.59 Å². The van der Waals surface area contributed by atoms with E-state index in [4.69, 9.17) is 16.3 Å². The highest BCUT2D eigenvalue weighted by molar-refractivity contribution is 7.17. The molecule has 0 spiro atoms. The van der Waals surface area contributed by atoms with Crippen LogP contribution in [0.3, 0.4) is 0 Å². The Kier molecular flexibility index (Phi) is 7.09. The summed E-state index contributed by atoms with van der Waals surface area (Å²) in [6, 6.07) is 16.8. The van der Waals surface area contributed by atoms with Gasteiger partial charge in [-0.15, -0.1) is 11.3 Å². The number of fused-ring (bicyclic) bond motifs is 1. The van der Waals surface area contributed by atoms with Crippen molar-refractivity contribution in [3.05, 3.63) is 81.2 Å². The average molecular weight is 470 g/mol. The first-order chi connectivity index (χ1) is 15.5. The molecule has 2 amide bonds. The number of benzene rings is 2. The smallest absolute Gasteiger partial charge is 0.341 e. The van der Waals surface area contributed by atoms with Gasteiger partial charge in [-0.05, 0) is 42.7 Å².